The van der Waals surface area contributed by atoms with E-state index in [9.17, 15) is 14.7 Å². The molecule has 0 saturated carbocycles. The molecular formula is C31H40N6O5. The van der Waals surface area contributed by atoms with Gasteiger partial charge in [-0.05, 0) is 54.7 Å². The van der Waals surface area contributed by atoms with Gasteiger partial charge in [-0.25, -0.2) is 9.97 Å². The molecule has 0 spiro atoms. The number of ether oxygens (including phenoxy) is 1. The molecule has 2 aromatic heterocycles. The van der Waals surface area contributed by atoms with Crippen molar-refractivity contribution in [3.05, 3.63) is 71.6 Å². The third-order valence-corrected chi connectivity index (χ3v) is 7.78. The molecule has 3 aromatic rings. The minimum atomic E-state index is -0.696. The predicted molar refractivity (Wildman–Crippen MR) is 157 cm³/mol. The van der Waals surface area contributed by atoms with Gasteiger partial charge in [0.1, 0.15) is 18.2 Å². The Balaban J connectivity index is 1.04. The number of likely N-dealkylation sites (tertiary alicyclic amines) is 1. The molecule has 1 saturated heterocycles. The van der Waals surface area contributed by atoms with Crippen molar-refractivity contribution in [2.24, 2.45) is 5.92 Å². The highest BCUT2D eigenvalue weighted by Crippen LogP contribution is 2.25. The molecule has 224 valence electrons. The normalized spacial score (nSPS) is 16.6. The number of hydrogen-bond donors (Lipinski definition) is 3. The number of piperidine rings is 1. The van der Waals surface area contributed by atoms with Crippen LogP contribution in [0.4, 0.5) is 5.82 Å². The van der Waals surface area contributed by atoms with E-state index in [1.165, 1.54) is 17.5 Å². The fourth-order valence-electron chi connectivity index (χ4n) is 5.45. The number of benzene rings is 1. The average Bonchev–Trinajstić information content (AvgIpc) is 3.53. The number of oxazole rings is 1. The monoisotopic (exact) mass is 576 g/mol. The quantitative estimate of drug-likeness (QED) is 0.315. The number of hydrogen-bond acceptors (Lipinski definition) is 9. The number of β-amino-alcohol motifs (C(OH)–C–C–N with tert-alkyl or cyclic N) is 1. The number of carbonyl (C=O) groups excluding carboxylic acids is 2. The largest absolute Gasteiger partial charge is 0.486 e. The lowest BCUT2D eigenvalue weighted by Gasteiger charge is -2.33. The van der Waals surface area contributed by atoms with Gasteiger partial charge >= 0.3 is 0 Å². The minimum Gasteiger partial charge on any atom is -0.486 e. The fourth-order valence-corrected chi connectivity index (χ4v) is 5.45. The van der Waals surface area contributed by atoms with Crippen LogP contribution in [0, 0.1) is 5.92 Å². The summed E-state index contributed by atoms with van der Waals surface area (Å²) >= 11 is 0. The molecule has 0 radical (unpaired) electrons. The Labute approximate surface area is 246 Å². The SMILES string of the molecule is CC(C)C(=O)N1CCC(Nc2cc(C(=O)NC[C@H](O)CN3CCc4cc(OCc5cnco5)ccc4C3)ccn2)CC1. The number of fused-ring (bicyclic) bond motifs is 1. The van der Waals surface area contributed by atoms with Crippen molar-refractivity contribution in [1.29, 1.82) is 0 Å². The van der Waals surface area contributed by atoms with Crippen LogP contribution in [0.1, 0.15) is 53.9 Å². The van der Waals surface area contributed by atoms with Gasteiger partial charge in [0, 0.05) is 63.0 Å². The van der Waals surface area contributed by atoms with E-state index in [0.29, 0.717) is 30.3 Å². The van der Waals surface area contributed by atoms with Crippen LogP contribution in [0.15, 0.2) is 53.5 Å². The predicted octanol–water partition coefficient (Wildman–Crippen LogP) is 2.86. The van der Waals surface area contributed by atoms with E-state index in [2.05, 4.69) is 37.6 Å². The van der Waals surface area contributed by atoms with Gasteiger partial charge in [-0.15, -0.1) is 0 Å². The van der Waals surface area contributed by atoms with Crippen LogP contribution in [0.2, 0.25) is 0 Å². The Morgan fingerprint density at radius 2 is 1.98 bits per heavy atom. The second-order valence-electron chi connectivity index (χ2n) is 11.4. The number of aliphatic hydroxyl groups excluding tert-OH is 1. The topological polar surface area (TPSA) is 133 Å². The van der Waals surface area contributed by atoms with Crippen molar-refractivity contribution < 1.29 is 23.8 Å². The Kier molecular flexibility index (Phi) is 9.70. The zero-order chi connectivity index (χ0) is 29.5. The molecule has 2 amide bonds. The minimum absolute atomic E-state index is 0.00727. The lowest BCUT2D eigenvalue weighted by atomic mass is 9.99. The number of carbonyl (C=O) groups is 2. The van der Waals surface area contributed by atoms with Gasteiger partial charge in [0.05, 0.1) is 12.3 Å². The third kappa shape index (κ3) is 7.86. The summed E-state index contributed by atoms with van der Waals surface area (Å²) in [5.41, 5.74) is 2.93. The summed E-state index contributed by atoms with van der Waals surface area (Å²) in [6, 6.07) is 9.68. The van der Waals surface area contributed by atoms with Crippen LogP contribution in [-0.4, -0.2) is 81.6 Å². The fraction of sp³-hybridized carbons (Fsp3) is 0.484. The van der Waals surface area contributed by atoms with Gasteiger partial charge in [-0.1, -0.05) is 19.9 Å². The van der Waals surface area contributed by atoms with Gasteiger partial charge < -0.3 is 29.8 Å². The molecule has 0 unspecified atom stereocenters. The van der Waals surface area contributed by atoms with Crippen LogP contribution in [0.25, 0.3) is 0 Å². The number of nitrogens with zero attached hydrogens (tertiary/aromatic N) is 4. The van der Waals surface area contributed by atoms with Gasteiger partial charge in [0.2, 0.25) is 5.91 Å². The van der Waals surface area contributed by atoms with Crippen molar-refractivity contribution in [2.75, 3.05) is 38.0 Å². The van der Waals surface area contributed by atoms with Gasteiger partial charge in [0.15, 0.2) is 12.2 Å². The zero-order valence-corrected chi connectivity index (χ0v) is 24.3. The Morgan fingerprint density at radius 1 is 1.14 bits per heavy atom. The average molecular weight is 577 g/mol. The van der Waals surface area contributed by atoms with Crippen LogP contribution in [0.5, 0.6) is 5.75 Å². The summed E-state index contributed by atoms with van der Waals surface area (Å²) in [5.74, 6) is 2.05. The molecule has 42 heavy (non-hydrogen) atoms. The smallest absolute Gasteiger partial charge is 0.251 e. The molecule has 1 fully saturated rings. The molecule has 0 aliphatic carbocycles. The Bertz CT molecular complexity index is 1340. The van der Waals surface area contributed by atoms with Crippen LogP contribution in [-0.2, 0) is 24.4 Å². The van der Waals surface area contributed by atoms with Crippen molar-refractivity contribution in [1.82, 2.24) is 25.1 Å². The number of aromatic nitrogens is 2. The number of amides is 2. The summed E-state index contributed by atoms with van der Waals surface area (Å²) in [4.78, 5) is 37.5. The van der Waals surface area contributed by atoms with Gasteiger partial charge in [-0.2, -0.15) is 0 Å². The van der Waals surface area contributed by atoms with Crippen molar-refractivity contribution in [2.45, 2.75) is 58.4 Å². The van der Waals surface area contributed by atoms with Crippen molar-refractivity contribution in [3.8, 4) is 5.75 Å². The molecule has 3 N–H and O–H groups in total. The van der Waals surface area contributed by atoms with E-state index < -0.39 is 6.10 Å². The summed E-state index contributed by atoms with van der Waals surface area (Å²) in [5, 5.41) is 16.9. The molecule has 2 aliphatic rings. The van der Waals surface area contributed by atoms with E-state index in [4.69, 9.17) is 9.15 Å². The number of aliphatic hydroxyl groups is 1. The number of anilines is 1. The number of pyridine rings is 1. The highest BCUT2D eigenvalue weighted by molar-refractivity contribution is 5.94. The summed E-state index contributed by atoms with van der Waals surface area (Å²) in [6.07, 6.45) is 6.47. The first-order valence-electron chi connectivity index (χ1n) is 14.7. The molecule has 1 atom stereocenters. The van der Waals surface area contributed by atoms with Crippen molar-refractivity contribution in [3.63, 3.8) is 0 Å². The lowest BCUT2D eigenvalue weighted by molar-refractivity contribution is -0.135. The summed E-state index contributed by atoms with van der Waals surface area (Å²) in [6.45, 7) is 7.78. The first kappa shape index (κ1) is 29.5. The molecule has 0 bridgehead atoms. The zero-order valence-electron chi connectivity index (χ0n) is 24.3. The number of rotatable bonds is 11. The maximum Gasteiger partial charge on any atom is 0.251 e. The maximum atomic E-state index is 12.8. The van der Waals surface area contributed by atoms with E-state index in [1.807, 2.05) is 24.8 Å². The van der Waals surface area contributed by atoms with Gasteiger partial charge in [-0.3, -0.25) is 14.5 Å². The van der Waals surface area contributed by atoms with Crippen molar-refractivity contribution >= 4 is 17.6 Å². The second kappa shape index (κ2) is 13.8. The van der Waals surface area contributed by atoms with Crippen LogP contribution < -0.4 is 15.4 Å². The number of nitrogens with one attached hydrogen (secondary N) is 2. The first-order valence-corrected chi connectivity index (χ1v) is 14.7. The lowest BCUT2D eigenvalue weighted by Crippen LogP contribution is -2.44. The molecular weight excluding hydrogens is 536 g/mol. The molecule has 1 aromatic carbocycles. The van der Waals surface area contributed by atoms with Crippen LogP contribution in [0.3, 0.4) is 0 Å². The highest BCUT2D eigenvalue weighted by atomic mass is 16.5. The molecule has 11 heteroatoms. The van der Waals surface area contributed by atoms with E-state index in [-0.39, 0.29) is 30.3 Å². The second-order valence-corrected chi connectivity index (χ2v) is 11.4. The van der Waals surface area contributed by atoms with E-state index in [0.717, 1.165) is 51.2 Å². The Hall–Kier alpha value is -3.96. The molecule has 2 aliphatic heterocycles. The maximum absolute atomic E-state index is 12.8. The van der Waals surface area contributed by atoms with E-state index in [1.54, 1.807) is 24.5 Å². The standard InChI is InChI=1S/C31H40N6O5/c1-21(2)31(40)37-11-7-25(8-12-37)35-29-14-23(5-9-33-29)30(39)34-15-26(38)18-36-10-6-22-13-27(4-3-24(22)17-36)41-19-28-16-32-20-42-28/h3-5,9,13-14,16,20-21,25-26,38H,6-8,10-12,15,17-19H2,1-2H3,(H,33,35)(H,34,39)/t26-/m0/s1. The summed E-state index contributed by atoms with van der Waals surface area (Å²) in [7, 11) is 0. The first-order chi connectivity index (χ1) is 20.3. The highest BCUT2D eigenvalue weighted by Gasteiger charge is 2.25. The van der Waals surface area contributed by atoms with E-state index >= 15 is 0 Å². The van der Waals surface area contributed by atoms with Gasteiger partial charge in [0.25, 0.3) is 5.91 Å². The molecule has 11 nitrogen and oxygen atoms in total. The molecule has 5 rings (SSSR count). The Morgan fingerprint density at radius 3 is 2.74 bits per heavy atom. The third-order valence-electron chi connectivity index (χ3n) is 7.78. The summed E-state index contributed by atoms with van der Waals surface area (Å²) < 4.78 is 11.0. The molecule has 4 heterocycles. The van der Waals surface area contributed by atoms with Crippen LogP contribution >= 0.6 is 0 Å².